The number of hydrogen-bond donors (Lipinski definition) is 2. The number of rotatable bonds is 6. The lowest BCUT2D eigenvalue weighted by Crippen LogP contribution is -2.39. The second-order valence-corrected chi connectivity index (χ2v) is 6.70. The summed E-state index contributed by atoms with van der Waals surface area (Å²) < 4.78 is 5.36. The number of fused-ring (bicyclic) bond motifs is 1. The predicted octanol–water partition coefficient (Wildman–Crippen LogP) is 1.49. The molecule has 3 heterocycles. The van der Waals surface area contributed by atoms with Gasteiger partial charge in [0, 0.05) is 32.7 Å². The first-order valence-corrected chi connectivity index (χ1v) is 9.08. The summed E-state index contributed by atoms with van der Waals surface area (Å²) in [5.74, 6) is 0.759. The van der Waals surface area contributed by atoms with E-state index in [2.05, 4.69) is 25.5 Å². The van der Waals surface area contributed by atoms with Crippen molar-refractivity contribution in [2.75, 3.05) is 51.3 Å². The Morgan fingerprint density at radius 1 is 1.38 bits per heavy atom. The van der Waals surface area contributed by atoms with Crippen molar-refractivity contribution in [1.82, 2.24) is 20.2 Å². The van der Waals surface area contributed by atoms with Gasteiger partial charge in [-0.1, -0.05) is 0 Å². The van der Waals surface area contributed by atoms with E-state index in [1.54, 1.807) is 6.33 Å². The fourth-order valence-corrected chi connectivity index (χ4v) is 3.89. The van der Waals surface area contributed by atoms with Gasteiger partial charge in [-0.05, 0) is 19.4 Å². The summed E-state index contributed by atoms with van der Waals surface area (Å²) in [4.78, 5) is 24.8. The normalized spacial score (nSPS) is 15.6. The molecule has 0 atom stereocenters. The SMILES string of the molecule is CCNC(=O)c1sc2ncnc(NCCN3CCOCC3)c2c1C. The molecule has 1 saturated heterocycles. The van der Waals surface area contributed by atoms with Gasteiger partial charge in [0.05, 0.1) is 23.5 Å². The zero-order chi connectivity index (χ0) is 16.9. The van der Waals surface area contributed by atoms with Gasteiger partial charge in [-0.15, -0.1) is 11.3 Å². The third-order valence-electron chi connectivity index (χ3n) is 4.09. The van der Waals surface area contributed by atoms with Crippen molar-refractivity contribution < 1.29 is 9.53 Å². The Labute approximate surface area is 145 Å². The standard InChI is InChI=1S/C16H23N5O2S/c1-3-17-15(22)13-11(2)12-14(19-10-20-16(12)24-13)18-4-5-21-6-8-23-9-7-21/h10H,3-9H2,1-2H3,(H,17,22)(H,18,19,20). The van der Waals surface area contributed by atoms with E-state index in [0.29, 0.717) is 11.4 Å². The molecule has 0 aromatic carbocycles. The Balaban J connectivity index is 1.74. The van der Waals surface area contributed by atoms with Gasteiger partial charge in [-0.2, -0.15) is 0 Å². The lowest BCUT2D eigenvalue weighted by atomic mass is 10.2. The monoisotopic (exact) mass is 349 g/mol. The summed E-state index contributed by atoms with van der Waals surface area (Å²) in [6.45, 7) is 9.79. The number of morpholine rings is 1. The number of aryl methyl sites for hydroxylation is 1. The Kier molecular flexibility index (Phi) is 5.60. The molecule has 2 N–H and O–H groups in total. The van der Waals surface area contributed by atoms with Crippen molar-refractivity contribution in [3.63, 3.8) is 0 Å². The molecule has 0 unspecified atom stereocenters. The molecule has 1 amide bonds. The first-order valence-electron chi connectivity index (χ1n) is 8.27. The molecule has 1 fully saturated rings. The van der Waals surface area contributed by atoms with Gasteiger partial charge in [0.2, 0.25) is 0 Å². The summed E-state index contributed by atoms with van der Waals surface area (Å²) in [7, 11) is 0. The Bertz CT molecular complexity index is 712. The zero-order valence-electron chi connectivity index (χ0n) is 14.1. The van der Waals surface area contributed by atoms with E-state index in [1.165, 1.54) is 11.3 Å². The minimum Gasteiger partial charge on any atom is -0.379 e. The molecule has 1 aliphatic rings. The van der Waals surface area contributed by atoms with E-state index in [4.69, 9.17) is 4.74 Å². The second-order valence-electron chi connectivity index (χ2n) is 5.70. The van der Waals surface area contributed by atoms with Crippen LogP contribution in [0.15, 0.2) is 6.33 Å². The number of nitrogens with zero attached hydrogens (tertiary/aromatic N) is 3. The highest BCUT2D eigenvalue weighted by molar-refractivity contribution is 7.20. The number of ether oxygens (including phenoxy) is 1. The van der Waals surface area contributed by atoms with Crippen LogP contribution in [0.25, 0.3) is 10.2 Å². The molecule has 0 saturated carbocycles. The van der Waals surface area contributed by atoms with Gasteiger partial charge < -0.3 is 15.4 Å². The molecule has 0 radical (unpaired) electrons. The molecule has 8 heteroatoms. The van der Waals surface area contributed by atoms with E-state index in [0.717, 1.165) is 61.0 Å². The molecule has 0 spiro atoms. The zero-order valence-corrected chi connectivity index (χ0v) is 14.9. The Hall–Kier alpha value is -1.77. The van der Waals surface area contributed by atoms with Crippen LogP contribution in [0.1, 0.15) is 22.2 Å². The average Bonchev–Trinajstić information content (AvgIpc) is 2.94. The highest BCUT2D eigenvalue weighted by atomic mass is 32.1. The fraction of sp³-hybridized carbons (Fsp3) is 0.562. The Morgan fingerprint density at radius 3 is 2.92 bits per heavy atom. The van der Waals surface area contributed by atoms with Gasteiger partial charge in [0.25, 0.3) is 5.91 Å². The lowest BCUT2D eigenvalue weighted by molar-refractivity contribution is 0.0398. The summed E-state index contributed by atoms with van der Waals surface area (Å²) in [6.07, 6.45) is 1.55. The number of hydrogen-bond acceptors (Lipinski definition) is 7. The van der Waals surface area contributed by atoms with Crippen molar-refractivity contribution in [3.05, 3.63) is 16.8 Å². The number of carbonyl (C=O) groups excluding carboxylic acids is 1. The number of anilines is 1. The smallest absolute Gasteiger partial charge is 0.261 e. The van der Waals surface area contributed by atoms with Gasteiger partial charge in [0.1, 0.15) is 17.0 Å². The van der Waals surface area contributed by atoms with Crippen molar-refractivity contribution in [2.45, 2.75) is 13.8 Å². The van der Waals surface area contributed by atoms with Crippen LogP contribution in [0.4, 0.5) is 5.82 Å². The molecular weight excluding hydrogens is 326 g/mol. The summed E-state index contributed by atoms with van der Waals surface area (Å²) in [6, 6.07) is 0. The first-order chi connectivity index (χ1) is 11.7. The maximum atomic E-state index is 12.2. The van der Waals surface area contributed by atoms with Crippen molar-refractivity contribution >= 4 is 33.3 Å². The van der Waals surface area contributed by atoms with E-state index in [9.17, 15) is 4.79 Å². The van der Waals surface area contributed by atoms with E-state index < -0.39 is 0 Å². The van der Waals surface area contributed by atoms with Crippen LogP contribution in [0, 0.1) is 6.92 Å². The maximum absolute atomic E-state index is 12.2. The molecule has 2 aromatic rings. The van der Waals surface area contributed by atoms with Crippen molar-refractivity contribution in [3.8, 4) is 0 Å². The molecule has 0 bridgehead atoms. The summed E-state index contributed by atoms with van der Waals surface area (Å²) >= 11 is 1.42. The van der Waals surface area contributed by atoms with Crippen LogP contribution in [-0.2, 0) is 4.74 Å². The Morgan fingerprint density at radius 2 is 2.17 bits per heavy atom. The quantitative estimate of drug-likeness (QED) is 0.823. The molecule has 2 aromatic heterocycles. The largest absolute Gasteiger partial charge is 0.379 e. The molecular formula is C16H23N5O2S. The number of carbonyl (C=O) groups is 1. The van der Waals surface area contributed by atoms with Crippen LogP contribution in [-0.4, -0.2) is 66.7 Å². The van der Waals surface area contributed by atoms with E-state index >= 15 is 0 Å². The first kappa shape index (κ1) is 17.1. The maximum Gasteiger partial charge on any atom is 0.261 e. The van der Waals surface area contributed by atoms with Gasteiger partial charge in [0.15, 0.2) is 0 Å². The van der Waals surface area contributed by atoms with Crippen LogP contribution in [0.5, 0.6) is 0 Å². The number of aromatic nitrogens is 2. The highest BCUT2D eigenvalue weighted by Gasteiger charge is 2.19. The number of amides is 1. The minimum atomic E-state index is -0.0442. The average molecular weight is 349 g/mol. The van der Waals surface area contributed by atoms with Crippen LogP contribution in [0.2, 0.25) is 0 Å². The molecule has 1 aliphatic heterocycles. The molecule has 130 valence electrons. The van der Waals surface area contributed by atoms with Gasteiger partial charge in [-0.25, -0.2) is 9.97 Å². The van der Waals surface area contributed by atoms with Crippen molar-refractivity contribution in [1.29, 1.82) is 0 Å². The molecule has 24 heavy (non-hydrogen) atoms. The topological polar surface area (TPSA) is 79.4 Å². The summed E-state index contributed by atoms with van der Waals surface area (Å²) in [5, 5.41) is 7.20. The second kappa shape index (κ2) is 7.87. The number of nitrogens with one attached hydrogen (secondary N) is 2. The summed E-state index contributed by atoms with van der Waals surface area (Å²) in [5.41, 5.74) is 0.940. The van der Waals surface area contributed by atoms with Crippen LogP contribution in [0.3, 0.4) is 0 Å². The van der Waals surface area contributed by atoms with Crippen molar-refractivity contribution in [2.24, 2.45) is 0 Å². The fourth-order valence-electron chi connectivity index (χ4n) is 2.82. The van der Waals surface area contributed by atoms with E-state index in [-0.39, 0.29) is 5.91 Å². The van der Waals surface area contributed by atoms with Gasteiger partial charge in [-0.3, -0.25) is 9.69 Å². The molecule has 7 nitrogen and oxygen atoms in total. The highest BCUT2D eigenvalue weighted by Crippen LogP contribution is 2.33. The minimum absolute atomic E-state index is 0.0442. The van der Waals surface area contributed by atoms with Crippen LogP contribution >= 0.6 is 11.3 Å². The van der Waals surface area contributed by atoms with Gasteiger partial charge >= 0.3 is 0 Å². The predicted molar refractivity (Wildman–Crippen MR) is 95.9 cm³/mol. The van der Waals surface area contributed by atoms with Crippen LogP contribution < -0.4 is 10.6 Å². The third-order valence-corrected chi connectivity index (χ3v) is 5.29. The van der Waals surface area contributed by atoms with E-state index in [1.807, 2.05) is 13.8 Å². The number of thiophene rings is 1. The lowest BCUT2D eigenvalue weighted by Gasteiger charge is -2.26. The molecule has 3 rings (SSSR count). The third kappa shape index (κ3) is 3.66. The molecule has 0 aliphatic carbocycles.